The van der Waals surface area contributed by atoms with Crippen LogP contribution in [0.1, 0.15) is 12.8 Å². The molecule has 4 N–H and O–H groups in total. The quantitative estimate of drug-likeness (QED) is 0.493. The fourth-order valence-electron chi connectivity index (χ4n) is 1.44. The first kappa shape index (κ1) is 10.1. The molecule has 1 fully saturated rings. The Kier molecular flexibility index (Phi) is 3.39. The van der Waals surface area contributed by atoms with Gasteiger partial charge in [0.05, 0.1) is 6.04 Å². The molecule has 0 radical (unpaired) electrons. The number of amides is 1. The SMILES string of the molecule is N[C@@H](C[C@@H]1CNC(=O)C1)C(=O)CO. The Bertz CT molecular complexity index is 217. The molecular formula is C8H14N2O3. The lowest BCUT2D eigenvalue weighted by Gasteiger charge is -2.12. The molecule has 13 heavy (non-hydrogen) atoms. The molecule has 0 spiro atoms. The number of hydrogen-bond donors (Lipinski definition) is 3. The summed E-state index contributed by atoms with van der Waals surface area (Å²) in [6.07, 6.45) is 0.907. The van der Waals surface area contributed by atoms with Crippen molar-refractivity contribution in [3.63, 3.8) is 0 Å². The van der Waals surface area contributed by atoms with Crippen LogP contribution < -0.4 is 11.1 Å². The van der Waals surface area contributed by atoms with E-state index in [0.717, 1.165) is 0 Å². The second kappa shape index (κ2) is 4.34. The van der Waals surface area contributed by atoms with Crippen LogP contribution >= 0.6 is 0 Å². The third-order valence-corrected chi connectivity index (χ3v) is 2.22. The highest BCUT2D eigenvalue weighted by molar-refractivity contribution is 5.85. The van der Waals surface area contributed by atoms with E-state index in [4.69, 9.17) is 10.8 Å². The van der Waals surface area contributed by atoms with Crippen LogP contribution in [0.4, 0.5) is 0 Å². The van der Waals surface area contributed by atoms with Crippen LogP contribution in [-0.2, 0) is 9.59 Å². The van der Waals surface area contributed by atoms with E-state index in [1.165, 1.54) is 0 Å². The maximum Gasteiger partial charge on any atom is 0.220 e. The van der Waals surface area contributed by atoms with Crippen molar-refractivity contribution in [2.45, 2.75) is 18.9 Å². The number of aliphatic hydroxyl groups is 1. The monoisotopic (exact) mass is 186 g/mol. The van der Waals surface area contributed by atoms with Gasteiger partial charge in [0.15, 0.2) is 5.78 Å². The van der Waals surface area contributed by atoms with Crippen molar-refractivity contribution in [3.8, 4) is 0 Å². The number of hydrogen-bond acceptors (Lipinski definition) is 4. The summed E-state index contributed by atoms with van der Waals surface area (Å²) in [5, 5.41) is 11.2. The van der Waals surface area contributed by atoms with Crippen molar-refractivity contribution in [2.24, 2.45) is 11.7 Å². The summed E-state index contributed by atoms with van der Waals surface area (Å²) in [6, 6.07) is -0.636. The number of carbonyl (C=O) groups excluding carboxylic acids is 2. The Morgan fingerprint density at radius 1 is 1.77 bits per heavy atom. The molecule has 0 aromatic rings. The molecule has 1 saturated heterocycles. The average Bonchev–Trinajstić information content (AvgIpc) is 2.49. The smallest absolute Gasteiger partial charge is 0.220 e. The summed E-state index contributed by atoms with van der Waals surface area (Å²) in [6.45, 7) is 0.0699. The van der Waals surface area contributed by atoms with E-state index in [2.05, 4.69) is 5.32 Å². The maximum atomic E-state index is 10.9. The van der Waals surface area contributed by atoms with Crippen LogP contribution in [0.2, 0.25) is 0 Å². The molecule has 5 nitrogen and oxygen atoms in total. The van der Waals surface area contributed by atoms with Crippen LogP contribution in [0.5, 0.6) is 0 Å². The second-order valence-corrected chi connectivity index (χ2v) is 3.34. The normalized spacial score (nSPS) is 24.2. The van der Waals surface area contributed by atoms with Gasteiger partial charge in [-0.05, 0) is 12.3 Å². The van der Waals surface area contributed by atoms with Crippen molar-refractivity contribution < 1.29 is 14.7 Å². The van der Waals surface area contributed by atoms with Gasteiger partial charge in [-0.2, -0.15) is 0 Å². The number of aliphatic hydroxyl groups excluding tert-OH is 1. The molecule has 0 saturated carbocycles. The highest BCUT2D eigenvalue weighted by atomic mass is 16.3. The zero-order valence-corrected chi connectivity index (χ0v) is 7.32. The first-order valence-corrected chi connectivity index (χ1v) is 4.29. The zero-order chi connectivity index (χ0) is 9.84. The summed E-state index contributed by atoms with van der Waals surface area (Å²) < 4.78 is 0. The number of nitrogens with one attached hydrogen (secondary N) is 1. The van der Waals surface area contributed by atoms with E-state index in [-0.39, 0.29) is 17.6 Å². The fourth-order valence-corrected chi connectivity index (χ4v) is 1.44. The van der Waals surface area contributed by atoms with Gasteiger partial charge in [0.1, 0.15) is 6.61 Å². The van der Waals surface area contributed by atoms with E-state index in [1.807, 2.05) is 0 Å². The van der Waals surface area contributed by atoms with Gasteiger partial charge in [-0.15, -0.1) is 0 Å². The lowest BCUT2D eigenvalue weighted by atomic mass is 9.97. The number of ketones is 1. The first-order valence-electron chi connectivity index (χ1n) is 4.29. The molecular weight excluding hydrogens is 172 g/mol. The van der Waals surface area contributed by atoms with E-state index in [1.54, 1.807) is 0 Å². The first-order chi connectivity index (χ1) is 6.13. The second-order valence-electron chi connectivity index (χ2n) is 3.34. The molecule has 0 unspecified atom stereocenters. The summed E-state index contributed by atoms with van der Waals surface area (Å²) in [7, 11) is 0. The molecule has 74 valence electrons. The molecule has 1 heterocycles. The molecule has 1 amide bonds. The summed E-state index contributed by atoms with van der Waals surface area (Å²) in [5.41, 5.74) is 5.50. The Balaban J connectivity index is 2.32. The molecule has 5 heteroatoms. The van der Waals surface area contributed by atoms with Crippen molar-refractivity contribution in [1.82, 2.24) is 5.32 Å². The van der Waals surface area contributed by atoms with Crippen LogP contribution in [0.25, 0.3) is 0 Å². The minimum Gasteiger partial charge on any atom is -0.389 e. The fraction of sp³-hybridized carbons (Fsp3) is 0.750. The maximum absolute atomic E-state index is 10.9. The van der Waals surface area contributed by atoms with E-state index < -0.39 is 12.6 Å². The van der Waals surface area contributed by atoms with Crippen LogP contribution in [0, 0.1) is 5.92 Å². The largest absolute Gasteiger partial charge is 0.389 e. The zero-order valence-electron chi connectivity index (χ0n) is 7.32. The summed E-state index contributed by atoms with van der Waals surface area (Å²) in [5.74, 6) is -0.217. The Hall–Kier alpha value is -0.940. The molecule has 0 bridgehead atoms. The van der Waals surface area contributed by atoms with Crippen molar-refractivity contribution in [2.75, 3.05) is 13.2 Å². The standard InChI is InChI=1S/C8H14N2O3/c9-6(7(12)4-11)1-5-2-8(13)10-3-5/h5-6,11H,1-4,9H2,(H,10,13)/t5-,6-/m0/s1. The van der Waals surface area contributed by atoms with Gasteiger partial charge in [0.25, 0.3) is 0 Å². The number of nitrogens with two attached hydrogens (primary N) is 1. The predicted molar refractivity (Wildman–Crippen MR) is 45.8 cm³/mol. The van der Waals surface area contributed by atoms with Crippen LogP contribution in [0.15, 0.2) is 0 Å². The Labute approximate surface area is 76.3 Å². The average molecular weight is 186 g/mol. The van der Waals surface area contributed by atoms with Gasteiger partial charge in [-0.25, -0.2) is 0 Å². The van der Waals surface area contributed by atoms with Gasteiger partial charge in [-0.1, -0.05) is 0 Å². The minimum absolute atomic E-state index is 0.00801. The molecule has 0 aromatic heterocycles. The number of carbonyl (C=O) groups is 2. The van der Waals surface area contributed by atoms with Crippen molar-refractivity contribution >= 4 is 11.7 Å². The lowest BCUT2D eigenvalue weighted by molar-refractivity contribution is -0.123. The topological polar surface area (TPSA) is 92.4 Å². The van der Waals surface area contributed by atoms with Crippen molar-refractivity contribution in [3.05, 3.63) is 0 Å². The lowest BCUT2D eigenvalue weighted by Crippen LogP contribution is -2.35. The molecule has 1 aliphatic rings. The molecule has 2 atom stereocenters. The summed E-state index contributed by atoms with van der Waals surface area (Å²) >= 11 is 0. The Morgan fingerprint density at radius 2 is 2.46 bits per heavy atom. The highest BCUT2D eigenvalue weighted by Crippen LogP contribution is 2.14. The van der Waals surface area contributed by atoms with E-state index in [9.17, 15) is 9.59 Å². The van der Waals surface area contributed by atoms with Crippen LogP contribution in [0.3, 0.4) is 0 Å². The van der Waals surface area contributed by atoms with Crippen LogP contribution in [-0.4, -0.2) is 36.0 Å². The van der Waals surface area contributed by atoms with Gasteiger partial charge >= 0.3 is 0 Å². The van der Waals surface area contributed by atoms with Gasteiger partial charge in [0.2, 0.25) is 5.91 Å². The number of Topliss-reactive ketones (excluding diaryl/α,β-unsaturated/α-hetero) is 1. The third kappa shape index (κ3) is 2.78. The van der Waals surface area contributed by atoms with Crippen molar-refractivity contribution in [1.29, 1.82) is 0 Å². The Morgan fingerprint density at radius 3 is 2.92 bits per heavy atom. The van der Waals surface area contributed by atoms with E-state index >= 15 is 0 Å². The summed E-state index contributed by atoms with van der Waals surface area (Å²) in [4.78, 5) is 21.7. The molecule has 0 aromatic carbocycles. The molecule has 1 rings (SSSR count). The predicted octanol–water partition coefficient (Wildman–Crippen LogP) is -1.60. The highest BCUT2D eigenvalue weighted by Gasteiger charge is 2.25. The third-order valence-electron chi connectivity index (χ3n) is 2.22. The minimum atomic E-state index is -0.636. The number of rotatable bonds is 4. The van der Waals surface area contributed by atoms with Gasteiger partial charge in [-0.3, -0.25) is 9.59 Å². The molecule has 0 aliphatic carbocycles. The molecule has 1 aliphatic heterocycles. The van der Waals surface area contributed by atoms with Gasteiger partial charge < -0.3 is 16.2 Å². The van der Waals surface area contributed by atoms with E-state index in [0.29, 0.717) is 19.4 Å². The van der Waals surface area contributed by atoms with Gasteiger partial charge in [0, 0.05) is 13.0 Å².